The maximum Gasteiger partial charge on any atom is 0.264 e. The maximum absolute atomic E-state index is 12.5. The van der Waals surface area contributed by atoms with Crippen LogP contribution in [0.25, 0.3) is 0 Å². The van der Waals surface area contributed by atoms with E-state index in [1.165, 1.54) is 36.5 Å². The van der Waals surface area contributed by atoms with E-state index in [0.29, 0.717) is 21.4 Å². The number of benzene rings is 2. The van der Waals surface area contributed by atoms with Gasteiger partial charge in [-0.15, -0.1) is 11.3 Å². The van der Waals surface area contributed by atoms with Crippen LogP contribution in [-0.4, -0.2) is 66.9 Å². The molecule has 0 saturated carbocycles. The van der Waals surface area contributed by atoms with Crippen LogP contribution in [0.2, 0.25) is 10.0 Å². The summed E-state index contributed by atoms with van der Waals surface area (Å²) < 4.78 is 60.6. The highest BCUT2D eigenvalue weighted by Gasteiger charge is 2.21. The Kier molecular flexibility index (Phi) is 20.8. The summed E-state index contributed by atoms with van der Waals surface area (Å²) in [5.41, 5.74) is 1.15. The second-order valence-electron chi connectivity index (χ2n) is 14.7. The summed E-state index contributed by atoms with van der Waals surface area (Å²) in [6, 6.07) is 10.3. The number of sulfone groups is 1. The van der Waals surface area contributed by atoms with E-state index < -0.39 is 20.0 Å². The number of hydrogen-bond acceptors (Lipinski definition) is 10. The van der Waals surface area contributed by atoms with Crippen molar-refractivity contribution in [3.63, 3.8) is 0 Å². The number of nitrogens with zero attached hydrogens (tertiary/aromatic N) is 1. The zero-order chi connectivity index (χ0) is 39.0. The Hall–Kier alpha value is -1.90. The van der Waals surface area contributed by atoms with Gasteiger partial charge in [0.1, 0.15) is 0 Å². The normalized spacial score (nSPS) is 12.0. The van der Waals surface area contributed by atoms with E-state index in [4.69, 9.17) is 32.7 Å². The van der Waals surface area contributed by atoms with E-state index >= 15 is 0 Å². The fourth-order valence-corrected chi connectivity index (χ4v) is 6.32. The SMILES string of the molecule is CC(C)(C)COS(C)(=O)=O.CCOCC(C)(C)C.CCOCC(C)(C)C.O=C(c1ccc(S(=O)(=O)c2nccs2)cc1)c1cc(Cl)ccc1Cl. The van der Waals surface area contributed by atoms with Crippen molar-refractivity contribution >= 4 is 60.3 Å². The molecule has 0 bridgehead atoms. The number of carbonyl (C=O) groups is 1. The first kappa shape index (κ1) is 48.1. The molecule has 1 heterocycles. The van der Waals surface area contributed by atoms with Crippen LogP contribution in [0.5, 0.6) is 0 Å². The van der Waals surface area contributed by atoms with Gasteiger partial charge >= 0.3 is 0 Å². The molecular weight excluding hydrogens is 742 g/mol. The van der Waals surface area contributed by atoms with E-state index in [1.54, 1.807) is 17.5 Å². The fraction of sp³-hybridized carbons (Fsp3) is 0.556. The first-order valence-electron chi connectivity index (χ1n) is 16.0. The predicted molar refractivity (Wildman–Crippen MR) is 206 cm³/mol. The first-order valence-corrected chi connectivity index (χ1v) is 20.9. The van der Waals surface area contributed by atoms with Gasteiger partial charge in [0, 0.05) is 40.9 Å². The summed E-state index contributed by atoms with van der Waals surface area (Å²) in [5, 5.41) is 2.26. The van der Waals surface area contributed by atoms with E-state index in [0.717, 1.165) is 44.0 Å². The number of ether oxygens (including phenoxy) is 2. The predicted octanol–water partition coefficient (Wildman–Crippen LogP) is 9.66. The fourth-order valence-electron chi connectivity index (χ4n) is 3.16. The van der Waals surface area contributed by atoms with Crippen molar-refractivity contribution in [2.75, 3.05) is 39.3 Å². The van der Waals surface area contributed by atoms with Gasteiger partial charge in [-0.3, -0.25) is 8.98 Å². The third-order valence-electron chi connectivity index (χ3n) is 5.42. The largest absolute Gasteiger partial charge is 0.381 e. The first-order chi connectivity index (χ1) is 22.7. The monoisotopic (exact) mass is 795 g/mol. The molecule has 3 rings (SSSR count). The van der Waals surface area contributed by atoms with Crippen molar-refractivity contribution in [3.8, 4) is 0 Å². The molecule has 50 heavy (non-hydrogen) atoms. The number of hydrogen-bond donors (Lipinski definition) is 0. The molecular formula is C36H55Cl2NO8S3. The molecule has 3 aromatic rings. The minimum absolute atomic E-state index is 0.0134. The number of ketones is 1. The van der Waals surface area contributed by atoms with Crippen LogP contribution in [0.4, 0.5) is 0 Å². The lowest BCUT2D eigenvalue weighted by Crippen LogP contribution is -2.17. The third-order valence-corrected chi connectivity index (χ3v) is 9.50. The standard InChI is InChI=1S/C16H9Cl2NO3S2.2C7H16O.C6H14O3S/c17-11-3-6-14(18)13(9-11)15(20)10-1-4-12(5-2-10)24(21,22)16-19-7-8-23-16;2*1-5-8-6-7(2,3)4;1-6(2,3)5-9-10(4,7)8/h1-9H;2*5-6H2,1-4H3;5H2,1-4H3. The van der Waals surface area contributed by atoms with Gasteiger partial charge in [-0.05, 0) is 72.6 Å². The Morgan fingerprint density at radius 1 is 0.760 bits per heavy atom. The van der Waals surface area contributed by atoms with Crippen molar-refractivity contribution in [1.29, 1.82) is 0 Å². The van der Waals surface area contributed by atoms with Gasteiger partial charge < -0.3 is 9.47 Å². The van der Waals surface area contributed by atoms with Crippen LogP contribution in [0, 0.1) is 16.2 Å². The highest BCUT2D eigenvalue weighted by atomic mass is 35.5. The smallest absolute Gasteiger partial charge is 0.264 e. The number of carbonyl (C=O) groups excluding carboxylic acids is 1. The van der Waals surface area contributed by atoms with E-state index in [1.807, 2.05) is 34.6 Å². The molecule has 14 heteroatoms. The average molecular weight is 797 g/mol. The van der Waals surface area contributed by atoms with E-state index in [9.17, 15) is 21.6 Å². The minimum Gasteiger partial charge on any atom is -0.381 e. The molecule has 0 saturated heterocycles. The van der Waals surface area contributed by atoms with Gasteiger partial charge in [0.05, 0.1) is 36.0 Å². The quantitative estimate of drug-likeness (QED) is 0.146. The van der Waals surface area contributed by atoms with Crippen LogP contribution in [0.3, 0.4) is 0 Å². The van der Waals surface area contributed by atoms with Crippen LogP contribution in [-0.2, 0) is 33.6 Å². The van der Waals surface area contributed by atoms with Crippen molar-refractivity contribution in [2.45, 2.75) is 85.4 Å². The molecule has 0 atom stereocenters. The molecule has 0 amide bonds. The zero-order valence-electron chi connectivity index (χ0n) is 31.4. The van der Waals surface area contributed by atoms with Crippen LogP contribution in [0.1, 0.15) is 92.1 Å². The van der Waals surface area contributed by atoms with Crippen molar-refractivity contribution in [1.82, 2.24) is 4.98 Å². The lowest BCUT2D eigenvalue weighted by molar-refractivity contribution is 0.0805. The second-order valence-corrected chi connectivity index (χ2v) is 20.2. The molecule has 284 valence electrons. The zero-order valence-corrected chi connectivity index (χ0v) is 35.4. The lowest BCUT2D eigenvalue weighted by Gasteiger charge is -2.16. The van der Waals surface area contributed by atoms with Crippen molar-refractivity contribution < 1.29 is 35.3 Å². The minimum atomic E-state index is -3.67. The van der Waals surface area contributed by atoms with Gasteiger partial charge in [0.15, 0.2) is 5.78 Å². The molecule has 0 radical (unpaired) electrons. The molecule has 9 nitrogen and oxygen atoms in total. The Morgan fingerprint density at radius 3 is 1.58 bits per heavy atom. The molecule has 0 spiro atoms. The van der Waals surface area contributed by atoms with Gasteiger partial charge in [0.25, 0.3) is 10.1 Å². The number of halogens is 2. The molecule has 0 aliphatic heterocycles. The van der Waals surface area contributed by atoms with Crippen LogP contribution < -0.4 is 0 Å². The van der Waals surface area contributed by atoms with Gasteiger partial charge in [-0.2, -0.15) is 8.42 Å². The topological polar surface area (TPSA) is 126 Å². The van der Waals surface area contributed by atoms with E-state index in [-0.39, 0.29) is 37.6 Å². The number of thiazole rings is 1. The Labute approximate surface area is 315 Å². The van der Waals surface area contributed by atoms with Gasteiger partial charge in [-0.1, -0.05) is 85.5 Å². The summed E-state index contributed by atoms with van der Waals surface area (Å²) >= 11 is 13.0. The van der Waals surface area contributed by atoms with E-state index in [2.05, 4.69) is 50.7 Å². The Morgan fingerprint density at radius 2 is 1.24 bits per heavy atom. The maximum atomic E-state index is 12.5. The third kappa shape index (κ3) is 22.1. The van der Waals surface area contributed by atoms with Crippen molar-refractivity contribution in [2.24, 2.45) is 16.2 Å². The molecule has 2 aromatic carbocycles. The summed E-state index contributed by atoms with van der Waals surface area (Å²) in [7, 11) is -6.93. The molecule has 0 N–H and O–H groups in total. The Bertz CT molecular complexity index is 1620. The number of rotatable bonds is 10. The summed E-state index contributed by atoms with van der Waals surface area (Å²) in [5.74, 6) is -0.333. The summed E-state index contributed by atoms with van der Waals surface area (Å²) in [6.07, 6.45) is 2.48. The molecule has 1 aromatic heterocycles. The van der Waals surface area contributed by atoms with Gasteiger partial charge in [0.2, 0.25) is 14.2 Å². The second kappa shape index (κ2) is 21.6. The molecule has 0 unspecified atom stereocenters. The van der Waals surface area contributed by atoms with Crippen LogP contribution >= 0.6 is 34.5 Å². The highest BCUT2D eigenvalue weighted by molar-refractivity contribution is 7.93. The highest BCUT2D eigenvalue weighted by Crippen LogP contribution is 2.26. The summed E-state index contributed by atoms with van der Waals surface area (Å²) in [6.45, 7) is 26.4. The molecule has 0 aliphatic carbocycles. The molecule has 0 fully saturated rings. The number of aromatic nitrogens is 1. The average Bonchev–Trinajstić information content (AvgIpc) is 3.55. The van der Waals surface area contributed by atoms with Gasteiger partial charge in [-0.25, -0.2) is 13.4 Å². The lowest BCUT2D eigenvalue weighted by atomic mass is 9.99. The van der Waals surface area contributed by atoms with Crippen LogP contribution in [0.15, 0.2) is 63.3 Å². The Balaban J connectivity index is 0.000000764. The van der Waals surface area contributed by atoms with Crippen molar-refractivity contribution in [3.05, 3.63) is 75.2 Å². The molecule has 0 aliphatic rings. The summed E-state index contributed by atoms with van der Waals surface area (Å²) in [4.78, 5) is 16.4.